The molecule has 4 bridgehead atoms. The van der Waals surface area contributed by atoms with Crippen LogP contribution in [0.3, 0.4) is 0 Å². The van der Waals surface area contributed by atoms with Gasteiger partial charge in [0.05, 0.1) is 6.54 Å². The van der Waals surface area contributed by atoms with Gasteiger partial charge < -0.3 is 15.7 Å². The van der Waals surface area contributed by atoms with Crippen molar-refractivity contribution in [3.63, 3.8) is 0 Å². The van der Waals surface area contributed by atoms with E-state index in [1.54, 1.807) is 0 Å². The van der Waals surface area contributed by atoms with Crippen molar-refractivity contribution >= 4 is 17.8 Å². The van der Waals surface area contributed by atoms with Crippen LogP contribution in [0.1, 0.15) is 32.1 Å². The summed E-state index contributed by atoms with van der Waals surface area (Å²) < 4.78 is 0. The number of carbonyl (C=O) groups excluding carboxylic acids is 2. The first kappa shape index (κ1) is 14.4. The fourth-order valence-electron chi connectivity index (χ4n) is 4.88. The van der Waals surface area contributed by atoms with Gasteiger partial charge >= 0.3 is 5.97 Å². The smallest absolute Gasteiger partial charge is 0.322 e. The molecule has 6 nitrogen and oxygen atoms in total. The summed E-state index contributed by atoms with van der Waals surface area (Å²) in [6.45, 7) is -0.540. The maximum atomic E-state index is 12.4. The molecule has 0 spiro atoms. The molecule has 0 aliphatic heterocycles. The molecule has 0 aromatic heterocycles. The zero-order valence-corrected chi connectivity index (χ0v) is 12.0. The van der Waals surface area contributed by atoms with Crippen LogP contribution >= 0.6 is 0 Å². The van der Waals surface area contributed by atoms with Gasteiger partial charge in [0.25, 0.3) is 0 Å². The number of hydrogen-bond donors (Lipinski definition) is 3. The second kappa shape index (κ2) is 5.66. The molecular formula is C15H22N2O4. The fraction of sp³-hybridized carbons (Fsp3) is 0.800. The molecular weight excluding hydrogens is 272 g/mol. The molecule has 116 valence electrons. The molecule has 4 aliphatic carbocycles. The van der Waals surface area contributed by atoms with E-state index in [2.05, 4.69) is 10.6 Å². The molecule has 3 N–H and O–H groups in total. The summed E-state index contributed by atoms with van der Waals surface area (Å²) in [5.74, 6) is 1.11. The number of carbonyl (C=O) groups is 3. The van der Waals surface area contributed by atoms with E-state index in [9.17, 15) is 14.4 Å². The van der Waals surface area contributed by atoms with Gasteiger partial charge in [-0.25, -0.2) is 0 Å². The van der Waals surface area contributed by atoms with E-state index in [0.717, 1.165) is 37.5 Å². The van der Waals surface area contributed by atoms with E-state index >= 15 is 0 Å². The van der Waals surface area contributed by atoms with Gasteiger partial charge in [-0.15, -0.1) is 0 Å². The van der Waals surface area contributed by atoms with E-state index in [1.165, 1.54) is 6.42 Å². The Balaban J connectivity index is 1.49. The summed E-state index contributed by atoms with van der Waals surface area (Å²) in [5, 5.41) is 13.4. The first-order chi connectivity index (χ1) is 10.0. The van der Waals surface area contributed by atoms with E-state index < -0.39 is 18.4 Å². The van der Waals surface area contributed by atoms with Crippen LogP contribution in [-0.2, 0) is 14.4 Å². The number of hydrogen-bond acceptors (Lipinski definition) is 3. The van der Waals surface area contributed by atoms with Gasteiger partial charge in [-0.05, 0) is 55.8 Å². The van der Waals surface area contributed by atoms with Gasteiger partial charge in [-0.3, -0.25) is 14.4 Å². The van der Waals surface area contributed by atoms with E-state index in [-0.39, 0.29) is 18.4 Å². The molecule has 6 heteroatoms. The van der Waals surface area contributed by atoms with Crippen LogP contribution in [0.2, 0.25) is 0 Å². The minimum Gasteiger partial charge on any atom is -0.480 e. The van der Waals surface area contributed by atoms with Crippen LogP contribution in [0, 0.1) is 29.6 Å². The van der Waals surface area contributed by atoms with E-state index in [1.807, 2.05) is 0 Å². The SMILES string of the molecule is O=C(O)CNC(=O)CNC(=O)C1C2CC3CC(C2)CC1C3. The topological polar surface area (TPSA) is 95.5 Å². The minimum atomic E-state index is -1.09. The summed E-state index contributed by atoms with van der Waals surface area (Å²) in [4.78, 5) is 34.2. The van der Waals surface area contributed by atoms with E-state index in [4.69, 9.17) is 5.11 Å². The Labute approximate surface area is 123 Å². The molecule has 0 aromatic carbocycles. The van der Waals surface area contributed by atoms with Gasteiger partial charge in [0, 0.05) is 5.92 Å². The maximum Gasteiger partial charge on any atom is 0.322 e. The van der Waals surface area contributed by atoms with Gasteiger partial charge in [-0.1, -0.05) is 0 Å². The van der Waals surface area contributed by atoms with Crippen molar-refractivity contribution in [2.75, 3.05) is 13.1 Å². The number of carboxylic acid groups (broad SMARTS) is 1. The van der Waals surface area contributed by atoms with Crippen LogP contribution in [0.15, 0.2) is 0 Å². The molecule has 4 rings (SSSR count). The molecule has 0 saturated heterocycles. The van der Waals surface area contributed by atoms with Crippen molar-refractivity contribution in [1.29, 1.82) is 0 Å². The predicted molar refractivity (Wildman–Crippen MR) is 74.2 cm³/mol. The third-order valence-corrected chi connectivity index (χ3v) is 5.39. The standard InChI is InChI=1S/C15H22N2O4/c18-12(16-7-13(19)20)6-17-15(21)14-10-2-8-1-9(4-10)5-11(14)3-8/h8-11,14H,1-7H2,(H,16,18)(H,17,21)(H,19,20). The molecule has 21 heavy (non-hydrogen) atoms. The lowest BCUT2D eigenvalue weighted by atomic mass is 9.51. The average Bonchev–Trinajstić information content (AvgIpc) is 2.41. The average molecular weight is 294 g/mol. The van der Waals surface area contributed by atoms with Gasteiger partial charge in [0.1, 0.15) is 6.54 Å². The maximum absolute atomic E-state index is 12.4. The molecule has 0 heterocycles. The van der Waals surface area contributed by atoms with Crippen molar-refractivity contribution in [2.45, 2.75) is 32.1 Å². The second-order valence-corrected chi connectivity index (χ2v) is 6.84. The lowest BCUT2D eigenvalue weighted by Crippen LogP contribution is -2.52. The number of rotatable bonds is 5. The molecule has 2 amide bonds. The Morgan fingerprint density at radius 2 is 1.43 bits per heavy atom. The van der Waals surface area contributed by atoms with Gasteiger partial charge in [0.15, 0.2) is 0 Å². The number of nitrogens with one attached hydrogen (secondary N) is 2. The largest absolute Gasteiger partial charge is 0.480 e. The molecule has 0 radical (unpaired) electrons. The molecule has 4 aliphatic rings. The molecule has 0 atom stereocenters. The quantitative estimate of drug-likeness (QED) is 0.683. The first-order valence-corrected chi connectivity index (χ1v) is 7.79. The fourth-order valence-corrected chi connectivity index (χ4v) is 4.88. The Bertz CT molecular complexity index is 435. The highest BCUT2D eigenvalue weighted by Gasteiger charge is 2.50. The lowest BCUT2D eigenvalue weighted by molar-refractivity contribution is -0.140. The van der Waals surface area contributed by atoms with Crippen molar-refractivity contribution in [2.24, 2.45) is 29.6 Å². The van der Waals surface area contributed by atoms with Crippen molar-refractivity contribution in [3.8, 4) is 0 Å². The van der Waals surface area contributed by atoms with E-state index in [0.29, 0.717) is 11.8 Å². The molecule has 0 aromatic rings. The molecule has 0 unspecified atom stereocenters. The van der Waals surface area contributed by atoms with Crippen LogP contribution in [0.5, 0.6) is 0 Å². The highest BCUT2D eigenvalue weighted by Crippen LogP contribution is 2.56. The van der Waals surface area contributed by atoms with Crippen LogP contribution < -0.4 is 10.6 Å². The van der Waals surface area contributed by atoms with Crippen LogP contribution in [0.25, 0.3) is 0 Å². The first-order valence-electron chi connectivity index (χ1n) is 7.79. The van der Waals surface area contributed by atoms with Crippen LogP contribution in [-0.4, -0.2) is 36.0 Å². The number of amides is 2. The Morgan fingerprint density at radius 1 is 0.857 bits per heavy atom. The van der Waals surface area contributed by atoms with Gasteiger partial charge in [-0.2, -0.15) is 0 Å². The highest BCUT2D eigenvalue weighted by molar-refractivity contribution is 5.87. The normalized spacial score (nSPS) is 36.3. The minimum absolute atomic E-state index is 0.0192. The summed E-state index contributed by atoms with van der Waals surface area (Å²) in [6.07, 6.45) is 6.00. The molecule has 4 fully saturated rings. The third kappa shape index (κ3) is 3.04. The second-order valence-electron chi connectivity index (χ2n) is 6.84. The summed E-state index contributed by atoms with van der Waals surface area (Å²) in [7, 11) is 0. The Morgan fingerprint density at radius 3 is 1.95 bits per heavy atom. The summed E-state index contributed by atoms with van der Waals surface area (Å²) in [5.41, 5.74) is 0. The third-order valence-electron chi connectivity index (χ3n) is 5.39. The lowest BCUT2D eigenvalue weighted by Gasteiger charge is -2.53. The summed E-state index contributed by atoms with van der Waals surface area (Å²) >= 11 is 0. The zero-order chi connectivity index (χ0) is 15.0. The highest BCUT2D eigenvalue weighted by atomic mass is 16.4. The van der Waals surface area contributed by atoms with Crippen LogP contribution in [0.4, 0.5) is 0 Å². The molecule has 4 saturated carbocycles. The van der Waals surface area contributed by atoms with Crippen molar-refractivity contribution < 1.29 is 19.5 Å². The van der Waals surface area contributed by atoms with Crippen molar-refractivity contribution in [1.82, 2.24) is 10.6 Å². The Kier molecular flexibility index (Phi) is 3.87. The zero-order valence-electron chi connectivity index (χ0n) is 12.0. The summed E-state index contributed by atoms with van der Waals surface area (Å²) in [6, 6.07) is 0. The number of aliphatic carboxylic acids is 1. The number of carboxylic acids is 1. The monoisotopic (exact) mass is 294 g/mol. The Hall–Kier alpha value is -1.59. The predicted octanol–water partition coefficient (Wildman–Crippen LogP) is 0.376. The van der Waals surface area contributed by atoms with Crippen molar-refractivity contribution in [3.05, 3.63) is 0 Å². The van der Waals surface area contributed by atoms with Gasteiger partial charge in [0.2, 0.25) is 11.8 Å².